The maximum Gasteiger partial charge on any atom is 0.416 e. The predicted molar refractivity (Wildman–Crippen MR) is 142 cm³/mol. The van der Waals surface area contributed by atoms with Crippen LogP contribution in [0.25, 0.3) is 11.1 Å². The summed E-state index contributed by atoms with van der Waals surface area (Å²) in [5.74, 6) is -0.342. The van der Waals surface area contributed by atoms with Gasteiger partial charge < -0.3 is 30.5 Å². The van der Waals surface area contributed by atoms with Gasteiger partial charge in [-0.15, -0.1) is 0 Å². The molecule has 2 aromatic carbocycles. The molecule has 4 N–H and O–H groups in total. The molecule has 0 radical (unpaired) electrons. The summed E-state index contributed by atoms with van der Waals surface area (Å²) in [6, 6.07) is 11.5. The van der Waals surface area contributed by atoms with E-state index >= 15 is 0 Å². The van der Waals surface area contributed by atoms with E-state index in [1.165, 1.54) is 6.07 Å². The van der Waals surface area contributed by atoms with Crippen molar-refractivity contribution in [2.45, 2.75) is 56.0 Å². The van der Waals surface area contributed by atoms with Gasteiger partial charge in [0.25, 0.3) is 0 Å². The number of benzene rings is 2. The zero-order valence-corrected chi connectivity index (χ0v) is 22.2. The smallest absolute Gasteiger partial charge is 0.390 e. The van der Waals surface area contributed by atoms with Crippen molar-refractivity contribution in [3.05, 3.63) is 59.7 Å². The number of aliphatic hydroxyl groups excluding tert-OH is 1. The van der Waals surface area contributed by atoms with Gasteiger partial charge in [-0.2, -0.15) is 13.2 Å². The topological polar surface area (TPSA) is 99.3 Å². The van der Waals surface area contributed by atoms with E-state index in [2.05, 4.69) is 0 Å². The minimum atomic E-state index is -4.49. The number of hydrogen-bond acceptors (Lipinski definition) is 5. The van der Waals surface area contributed by atoms with Crippen LogP contribution in [-0.4, -0.2) is 78.1 Å². The molecule has 0 spiro atoms. The number of likely N-dealkylation sites (tertiary alicyclic amines) is 2. The number of rotatable bonds is 8. The Kier molecular flexibility index (Phi) is 9.21. The number of piperidine rings is 1. The van der Waals surface area contributed by atoms with Gasteiger partial charge in [0.2, 0.25) is 0 Å². The van der Waals surface area contributed by atoms with Crippen LogP contribution in [0, 0.1) is 5.92 Å². The summed E-state index contributed by atoms with van der Waals surface area (Å²) >= 11 is 0. The molecule has 2 heterocycles. The van der Waals surface area contributed by atoms with Gasteiger partial charge >= 0.3 is 12.2 Å². The van der Waals surface area contributed by atoms with E-state index in [1.807, 2.05) is 0 Å². The van der Waals surface area contributed by atoms with E-state index in [9.17, 15) is 28.2 Å². The van der Waals surface area contributed by atoms with Gasteiger partial charge in [-0.3, -0.25) is 0 Å². The van der Waals surface area contributed by atoms with Crippen LogP contribution in [0.3, 0.4) is 0 Å². The van der Waals surface area contributed by atoms with Crippen molar-refractivity contribution in [3.8, 4) is 11.1 Å². The maximum absolute atomic E-state index is 13.5. The van der Waals surface area contributed by atoms with Crippen LogP contribution in [0.2, 0.25) is 0 Å². The van der Waals surface area contributed by atoms with Gasteiger partial charge in [0.15, 0.2) is 0 Å². The van der Waals surface area contributed by atoms with Crippen LogP contribution < -0.4 is 5.73 Å². The number of ether oxygens (including phenoxy) is 1. The molecule has 214 valence electrons. The number of urea groups is 1. The number of nitrogens with zero attached hydrogens (tertiary/aromatic N) is 2. The molecular weight excluding hydrogens is 511 g/mol. The third-order valence-corrected chi connectivity index (χ3v) is 8.02. The Morgan fingerprint density at radius 3 is 2.54 bits per heavy atom. The second-order valence-electron chi connectivity index (χ2n) is 10.7. The molecule has 0 saturated carbocycles. The van der Waals surface area contributed by atoms with Crippen molar-refractivity contribution in [2.24, 2.45) is 11.7 Å². The quantitative estimate of drug-likeness (QED) is 0.429. The summed E-state index contributed by atoms with van der Waals surface area (Å²) in [7, 11) is 1.61. The molecule has 2 aromatic rings. The number of carbonyl (C=O) groups is 1. The lowest BCUT2D eigenvalue weighted by atomic mass is 9.72. The lowest BCUT2D eigenvalue weighted by Gasteiger charge is -2.44. The SMILES string of the molecule is COCCCC[C@@](O)(c1ccccc1-c1cccc(C(F)(F)F)c1)C1CCCN(C(=O)N2C[C@@H](N)[C@@H](O)C2)C1. The van der Waals surface area contributed by atoms with Crippen LogP contribution in [0.1, 0.15) is 43.2 Å². The molecule has 2 aliphatic rings. The first-order valence-electron chi connectivity index (χ1n) is 13.5. The largest absolute Gasteiger partial charge is 0.416 e. The molecule has 1 unspecified atom stereocenters. The number of carbonyl (C=O) groups excluding carboxylic acids is 1. The lowest BCUT2D eigenvalue weighted by Crippen LogP contribution is -2.52. The Morgan fingerprint density at radius 2 is 1.85 bits per heavy atom. The molecule has 0 aliphatic carbocycles. The van der Waals surface area contributed by atoms with Crippen LogP contribution in [-0.2, 0) is 16.5 Å². The van der Waals surface area contributed by atoms with Gasteiger partial charge in [0.05, 0.1) is 17.3 Å². The second-order valence-corrected chi connectivity index (χ2v) is 10.7. The third kappa shape index (κ3) is 6.57. The molecule has 39 heavy (non-hydrogen) atoms. The summed E-state index contributed by atoms with van der Waals surface area (Å²) in [5.41, 5.74) is 5.24. The molecule has 2 fully saturated rings. The highest BCUT2D eigenvalue weighted by Crippen LogP contribution is 2.44. The van der Waals surface area contributed by atoms with Crippen LogP contribution in [0.15, 0.2) is 48.5 Å². The highest BCUT2D eigenvalue weighted by molar-refractivity contribution is 5.75. The van der Waals surface area contributed by atoms with Crippen LogP contribution in [0.4, 0.5) is 18.0 Å². The molecular formula is C29H38F3N3O4. The van der Waals surface area contributed by atoms with Crippen molar-refractivity contribution in [3.63, 3.8) is 0 Å². The number of alkyl halides is 3. The zero-order valence-electron chi connectivity index (χ0n) is 22.2. The first kappa shape index (κ1) is 29.3. The molecule has 4 atom stereocenters. The van der Waals surface area contributed by atoms with E-state index in [4.69, 9.17) is 10.5 Å². The first-order chi connectivity index (χ1) is 18.5. The maximum atomic E-state index is 13.5. The Hall–Kier alpha value is -2.66. The third-order valence-electron chi connectivity index (χ3n) is 8.02. The Morgan fingerprint density at radius 1 is 1.08 bits per heavy atom. The number of halogens is 3. The second kappa shape index (κ2) is 12.2. The van der Waals surface area contributed by atoms with Gasteiger partial charge in [-0.05, 0) is 60.9 Å². The number of hydrogen-bond donors (Lipinski definition) is 3. The van der Waals surface area contributed by atoms with E-state index in [0.29, 0.717) is 68.5 Å². The van der Waals surface area contributed by atoms with E-state index in [1.54, 1.807) is 47.2 Å². The van der Waals surface area contributed by atoms with E-state index < -0.39 is 29.5 Å². The average molecular weight is 550 g/mol. The fourth-order valence-corrected chi connectivity index (χ4v) is 5.88. The summed E-state index contributed by atoms with van der Waals surface area (Å²) in [5, 5.41) is 22.5. The minimum absolute atomic E-state index is 0.167. The number of nitrogens with two attached hydrogens (primary N) is 1. The highest BCUT2D eigenvalue weighted by atomic mass is 19.4. The molecule has 7 nitrogen and oxygen atoms in total. The lowest BCUT2D eigenvalue weighted by molar-refractivity contribution is -0.137. The summed E-state index contributed by atoms with van der Waals surface area (Å²) in [6.07, 6.45) is -2.22. The fourth-order valence-electron chi connectivity index (χ4n) is 5.88. The average Bonchev–Trinajstić information content (AvgIpc) is 3.28. The summed E-state index contributed by atoms with van der Waals surface area (Å²) < 4.78 is 45.7. The first-order valence-corrected chi connectivity index (χ1v) is 13.5. The van der Waals surface area contributed by atoms with Crippen molar-refractivity contribution < 1.29 is 32.9 Å². The molecule has 2 amide bonds. The number of unbranched alkanes of at least 4 members (excludes halogenated alkanes) is 1. The zero-order chi connectivity index (χ0) is 28.2. The Bertz CT molecular complexity index is 1120. The Balaban J connectivity index is 1.67. The highest BCUT2D eigenvalue weighted by Gasteiger charge is 2.44. The number of aliphatic hydroxyl groups is 2. The van der Waals surface area contributed by atoms with Gasteiger partial charge in [-0.1, -0.05) is 36.4 Å². The number of methoxy groups -OCH3 is 1. The normalized spacial score (nSPS) is 23.6. The van der Waals surface area contributed by atoms with Crippen molar-refractivity contribution in [1.29, 1.82) is 0 Å². The molecule has 4 rings (SSSR count). The summed E-state index contributed by atoms with van der Waals surface area (Å²) in [4.78, 5) is 16.5. The van der Waals surface area contributed by atoms with Crippen molar-refractivity contribution >= 4 is 6.03 Å². The van der Waals surface area contributed by atoms with E-state index in [-0.39, 0.29) is 25.0 Å². The van der Waals surface area contributed by atoms with Crippen LogP contribution in [0.5, 0.6) is 0 Å². The minimum Gasteiger partial charge on any atom is -0.390 e. The fraction of sp³-hybridized carbons (Fsp3) is 0.552. The molecule has 2 aliphatic heterocycles. The predicted octanol–water partition coefficient (Wildman–Crippen LogP) is 4.21. The molecule has 10 heteroatoms. The standard InChI is InChI=1S/C29H38F3N3O4/c1-39-15-5-4-13-28(38,22-10-7-14-34(17-22)27(37)35-18-25(33)26(36)19-35)24-12-3-2-11-23(24)20-8-6-9-21(16-20)29(30,31)32/h2-3,6,8-9,11-12,16,22,25-26,36,38H,4-5,7,10,13-15,17-19,33H2,1H3/t22?,25-,26+,28+/m1/s1. The van der Waals surface area contributed by atoms with Gasteiger partial charge in [-0.25, -0.2) is 4.79 Å². The van der Waals surface area contributed by atoms with Gasteiger partial charge in [0, 0.05) is 51.9 Å². The van der Waals surface area contributed by atoms with Gasteiger partial charge in [0.1, 0.15) is 0 Å². The molecule has 0 aromatic heterocycles. The molecule has 0 bridgehead atoms. The van der Waals surface area contributed by atoms with E-state index in [0.717, 1.165) is 12.1 Å². The van der Waals surface area contributed by atoms with Crippen molar-refractivity contribution in [1.82, 2.24) is 9.80 Å². The molecule has 2 saturated heterocycles. The Labute approximate surface area is 227 Å². The van der Waals surface area contributed by atoms with Crippen LogP contribution >= 0.6 is 0 Å². The monoisotopic (exact) mass is 549 g/mol. The number of amides is 2. The number of β-amino-alcohol motifs (C(OH)–C–C–N with tert-alkyl or cyclic N) is 1. The van der Waals surface area contributed by atoms with Crippen molar-refractivity contribution in [2.75, 3.05) is 39.9 Å². The summed E-state index contributed by atoms with van der Waals surface area (Å²) in [6.45, 7) is 1.77.